The maximum atomic E-state index is 11.8. The van der Waals surface area contributed by atoms with Crippen LogP contribution in [0.2, 0.25) is 0 Å². The van der Waals surface area contributed by atoms with Gasteiger partial charge in [-0.1, -0.05) is 0 Å². The van der Waals surface area contributed by atoms with Gasteiger partial charge in [0, 0.05) is 19.1 Å². The number of hydrogen-bond donors (Lipinski definition) is 0. The molecule has 1 amide bonds. The van der Waals surface area contributed by atoms with Crippen molar-refractivity contribution < 1.29 is 19.2 Å². The third-order valence-corrected chi connectivity index (χ3v) is 3.48. The van der Waals surface area contributed by atoms with Crippen LogP contribution in [0.4, 0.5) is 4.79 Å². The summed E-state index contributed by atoms with van der Waals surface area (Å²) in [6.45, 7) is 7.99. The molecular formula is C13H22N2O4. The van der Waals surface area contributed by atoms with Crippen molar-refractivity contribution in [1.29, 1.82) is 0 Å². The molecular weight excluding hydrogens is 248 g/mol. The van der Waals surface area contributed by atoms with E-state index in [2.05, 4.69) is 0 Å². The second-order valence-corrected chi connectivity index (χ2v) is 6.10. The van der Waals surface area contributed by atoms with Crippen molar-refractivity contribution in [3.63, 3.8) is 0 Å². The van der Waals surface area contributed by atoms with E-state index in [0.717, 1.165) is 12.8 Å². The molecule has 0 radical (unpaired) electrons. The Balaban J connectivity index is 1.79. The first-order valence-electron chi connectivity index (χ1n) is 6.78. The monoisotopic (exact) mass is 270 g/mol. The van der Waals surface area contributed by atoms with Gasteiger partial charge in [-0.25, -0.2) is 9.59 Å². The van der Waals surface area contributed by atoms with Crippen molar-refractivity contribution in [2.24, 2.45) is 5.41 Å². The molecule has 6 nitrogen and oxygen atoms in total. The third kappa shape index (κ3) is 3.37. The van der Waals surface area contributed by atoms with Crippen molar-refractivity contribution in [3.05, 3.63) is 0 Å². The van der Waals surface area contributed by atoms with Crippen molar-refractivity contribution in [3.8, 4) is 0 Å². The van der Waals surface area contributed by atoms with Crippen LogP contribution in [-0.4, -0.2) is 54.3 Å². The second kappa shape index (κ2) is 5.36. The highest BCUT2D eigenvalue weighted by atomic mass is 16.7. The lowest BCUT2D eigenvalue weighted by Crippen LogP contribution is -2.46. The van der Waals surface area contributed by atoms with Crippen LogP contribution in [0.25, 0.3) is 0 Å². The molecule has 0 aromatic carbocycles. The normalized spacial score (nSPS) is 22.5. The molecule has 2 rings (SSSR count). The van der Waals surface area contributed by atoms with Crippen LogP contribution in [0, 0.1) is 5.41 Å². The lowest BCUT2D eigenvalue weighted by Gasteiger charge is -2.35. The highest BCUT2D eigenvalue weighted by Crippen LogP contribution is 2.22. The number of piperidine rings is 1. The van der Waals surface area contributed by atoms with Crippen molar-refractivity contribution >= 4 is 12.1 Å². The van der Waals surface area contributed by atoms with Gasteiger partial charge >= 0.3 is 12.1 Å². The van der Waals surface area contributed by atoms with E-state index < -0.39 is 5.41 Å². The highest BCUT2D eigenvalue weighted by molar-refractivity contribution is 5.75. The zero-order valence-corrected chi connectivity index (χ0v) is 11.8. The summed E-state index contributed by atoms with van der Waals surface area (Å²) in [4.78, 5) is 30.4. The number of cyclic esters (lactones) is 1. The second-order valence-electron chi connectivity index (χ2n) is 6.10. The molecule has 2 aliphatic rings. The van der Waals surface area contributed by atoms with Crippen LogP contribution in [-0.2, 0) is 14.4 Å². The maximum absolute atomic E-state index is 11.8. The van der Waals surface area contributed by atoms with Gasteiger partial charge in [0.2, 0.25) is 0 Å². The number of carbonyl (C=O) groups is 2. The summed E-state index contributed by atoms with van der Waals surface area (Å²) in [7, 11) is 0. The molecule has 0 saturated carbocycles. The van der Waals surface area contributed by atoms with E-state index in [1.807, 2.05) is 20.8 Å². The van der Waals surface area contributed by atoms with Gasteiger partial charge in [0.25, 0.3) is 0 Å². The fraction of sp³-hybridized carbons (Fsp3) is 0.846. The highest BCUT2D eigenvalue weighted by Gasteiger charge is 2.34. The van der Waals surface area contributed by atoms with Crippen LogP contribution in [0.3, 0.4) is 0 Å². The van der Waals surface area contributed by atoms with Crippen molar-refractivity contribution in [2.45, 2.75) is 39.7 Å². The molecule has 2 saturated heterocycles. The molecule has 0 aromatic heterocycles. The van der Waals surface area contributed by atoms with E-state index >= 15 is 0 Å². The standard InChI is InChI=1S/C13H22N2O4/c1-13(2,3)11(16)19-14-6-4-10(5-7-14)15-8-9-18-12(15)17/h10H,4-9H2,1-3H3. The van der Waals surface area contributed by atoms with E-state index in [-0.39, 0.29) is 18.1 Å². The number of amides is 1. The molecule has 108 valence electrons. The molecule has 0 atom stereocenters. The third-order valence-electron chi connectivity index (χ3n) is 3.48. The zero-order valence-electron chi connectivity index (χ0n) is 11.8. The van der Waals surface area contributed by atoms with Gasteiger partial charge in [-0.3, -0.25) is 0 Å². The van der Waals surface area contributed by atoms with Crippen LogP contribution in [0.15, 0.2) is 0 Å². The summed E-state index contributed by atoms with van der Waals surface area (Å²) in [5.74, 6) is -0.216. The Hall–Kier alpha value is -1.30. The molecule has 2 aliphatic heterocycles. The Morgan fingerprint density at radius 1 is 1.26 bits per heavy atom. The number of hydroxylamine groups is 2. The predicted octanol–water partition coefficient (Wildman–Crippen LogP) is 1.41. The summed E-state index contributed by atoms with van der Waals surface area (Å²) in [6, 6.07) is 0.208. The van der Waals surface area contributed by atoms with Gasteiger partial charge in [-0.15, -0.1) is 5.06 Å². The fourth-order valence-electron chi connectivity index (χ4n) is 2.24. The minimum Gasteiger partial charge on any atom is -0.448 e. The lowest BCUT2D eigenvalue weighted by molar-refractivity contribution is -0.205. The van der Waals surface area contributed by atoms with E-state index in [1.54, 1.807) is 9.96 Å². The Kier molecular flexibility index (Phi) is 3.99. The topological polar surface area (TPSA) is 59.1 Å². The quantitative estimate of drug-likeness (QED) is 0.759. The summed E-state index contributed by atoms with van der Waals surface area (Å²) in [5.41, 5.74) is -0.490. The van der Waals surface area contributed by atoms with Gasteiger partial charge in [0.05, 0.1) is 12.0 Å². The first-order valence-corrected chi connectivity index (χ1v) is 6.78. The average molecular weight is 270 g/mol. The molecule has 2 heterocycles. The smallest absolute Gasteiger partial charge is 0.410 e. The molecule has 2 fully saturated rings. The fourth-order valence-corrected chi connectivity index (χ4v) is 2.24. The average Bonchev–Trinajstić information content (AvgIpc) is 2.75. The molecule has 0 aromatic rings. The first-order chi connectivity index (χ1) is 8.88. The van der Waals surface area contributed by atoms with Gasteiger partial charge in [-0.05, 0) is 33.6 Å². The van der Waals surface area contributed by atoms with Crippen LogP contribution in [0.5, 0.6) is 0 Å². The lowest BCUT2D eigenvalue weighted by atomic mass is 9.98. The number of carbonyl (C=O) groups excluding carboxylic acids is 2. The molecule has 6 heteroatoms. The summed E-state index contributed by atoms with van der Waals surface area (Å²) in [5, 5.41) is 1.70. The van der Waals surface area contributed by atoms with E-state index in [4.69, 9.17) is 9.57 Å². The van der Waals surface area contributed by atoms with E-state index in [9.17, 15) is 9.59 Å². The summed E-state index contributed by atoms with van der Waals surface area (Å²) < 4.78 is 4.94. The van der Waals surface area contributed by atoms with Gasteiger partial charge in [-0.2, -0.15) is 0 Å². The Bertz CT molecular complexity index is 356. The van der Waals surface area contributed by atoms with Crippen LogP contribution in [0.1, 0.15) is 33.6 Å². The van der Waals surface area contributed by atoms with Crippen LogP contribution < -0.4 is 0 Å². The molecule has 19 heavy (non-hydrogen) atoms. The minimum absolute atomic E-state index is 0.208. The summed E-state index contributed by atoms with van der Waals surface area (Å²) >= 11 is 0. The molecule has 0 bridgehead atoms. The summed E-state index contributed by atoms with van der Waals surface area (Å²) in [6.07, 6.45) is 1.41. The Labute approximate surface area is 113 Å². The Morgan fingerprint density at radius 2 is 1.89 bits per heavy atom. The van der Waals surface area contributed by atoms with Crippen molar-refractivity contribution in [2.75, 3.05) is 26.2 Å². The number of hydrogen-bond acceptors (Lipinski definition) is 5. The van der Waals surface area contributed by atoms with Gasteiger partial charge < -0.3 is 14.5 Å². The van der Waals surface area contributed by atoms with E-state index in [1.165, 1.54) is 0 Å². The number of nitrogens with zero attached hydrogens (tertiary/aromatic N) is 2. The largest absolute Gasteiger partial charge is 0.448 e. The Morgan fingerprint density at radius 3 is 2.37 bits per heavy atom. The number of rotatable bonds is 2. The minimum atomic E-state index is -0.490. The van der Waals surface area contributed by atoms with Crippen molar-refractivity contribution in [1.82, 2.24) is 9.96 Å². The predicted molar refractivity (Wildman–Crippen MR) is 68.2 cm³/mol. The molecule has 0 aliphatic carbocycles. The zero-order chi connectivity index (χ0) is 14.0. The van der Waals surface area contributed by atoms with Crippen LogP contribution >= 0.6 is 0 Å². The first kappa shape index (κ1) is 14.1. The molecule has 0 N–H and O–H groups in total. The maximum Gasteiger partial charge on any atom is 0.410 e. The van der Waals surface area contributed by atoms with Gasteiger partial charge in [0.15, 0.2) is 0 Å². The van der Waals surface area contributed by atoms with Gasteiger partial charge in [0.1, 0.15) is 6.61 Å². The number of ether oxygens (including phenoxy) is 1. The SMILES string of the molecule is CC(C)(C)C(=O)ON1CCC(N2CCOC2=O)CC1. The molecule has 0 unspecified atom stereocenters. The van der Waals surface area contributed by atoms with E-state index in [0.29, 0.717) is 26.2 Å². The molecule has 0 spiro atoms.